The average Bonchev–Trinajstić information content (AvgIpc) is 3.45. The van der Waals surface area contributed by atoms with Crippen molar-refractivity contribution in [2.45, 2.75) is 160 Å². The van der Waals surface area contributed by atoms with Gasteiger partial charge in [0.25, 0.3) is 8.32 Å². The summed E-state index contributed by atoms with van der Waals surface area (Å²) in [5.74, 6) is -0.119. The number of fused-ring (bicyclic) bond motifs is 2. The van der Waals surface area contributed by atoms with Crippen LogP contribution in [-0.4, -0.2) is 80.9 Å². The zero-order valence-corrected chi connectivity index (χ0v) is 44.1. The second kappa shape index (κ2) is 21.7. The fourth-order valence-corrected chi connectivity index (χ4v) is 16.5. The lowest BCUT2D eigenvalue weighted by Crippen LogP contribution is -2.69. The highest BCUT2D eigenvalue weighted by Gasteiger charge is 2.56. The molecule has 0 aliphatic carbocycles. The Bertz CT molecular complexity index is 2270. The summed E-state index contributed by atoms with van der Waals surface area (Å²) in [5.41, 5.74) is 0.908. The molecule has 0 aromatic heterocycles. The molecule has 0 unspecified atom stereocenters. The van der Waals surface area contributed by atoms with Gasteiger partial charge in [-0.1, -0.05) is 186 Å². The van der Waals surface area contributed by atoms with Crippen molar-refractivity contribution in [2.24, 2.45) is 17.3 Å². The van der Waals surface area contributed by atoms with Crippen molar-refractivity contribution in [1.29, 1.82) is 0 Å². The molecule has 0 amide bonds. The number of hydrogen-bond acceptors (Lipinski definition) is 8. The third-order valence-corrected chi connectivity index (χ3v) is 20.3. The number of esters is 1. The second-order valence-corrected chi connectivity index (χ2v) is 27.0. The first kappa shape index (κ1) is 51.9. The van der Waals surface area contributed by atoms with E-state index < -0.39 is 43.2 Å². The van der Waals surface area contributed by atoms with E-state index in [0.717, 1.165) is 29.5 Å². The minimum absolute atomic E-state index is 0.0799. The van der Waals surface area contributed by atoms with Crippen LogP contribution in [-0.2, 0) is 38.5 Å². The summed E-state index contributed by atoms with van der Waals surface area (Å²) in [6.45, 7) is 19.7. The molecule has 3 aliphatic heterocycles. The summed E-state index contributed by atoms with van der Waals surface area (Å²) in [6.07, 6.45) is 0.750. The zero-order chi connectivity index (χ0) is 49.7. The summed E-state index contributed by atoms with van der Waals surface area (Å²) in [7, 11) is -3.03. The molecule has 8 rings (SSSR count). The van der Waals surface area contributed by atoms with E-state index in [1.165, 1.54) is 10.4 Å². The first-order valence-electron chi connectivity index (χ1n) is 25.9. The number of benzene rings is 5. The lowest BCUT2D eigenvalue weighted by molar-refractivity contribution is -0.272. The molecule has 3 fully saturated rings. The van der Waals surface area contributed by atoms with Gasteiger partial charge >= 0.3 is 5.97 Å². The molecule has 1 N–H and O–H groups in total. The molecule has 374 valence electrons. The van der Waals surface area contributed by atoms with Gasteiger partial charge in [0.1, 0.15) is 5.60 Å². The highest BCUT2D eigenvalue weighted by Crippen LogP contribution is 2.47. The predicted octanol–water partition coefficient (Wildman–Crippen LogP) is 11.2. The van der Waals surface area contributed by atoms with E-state index >= 15 is 0 Å². The summed E-state index contributed by atoms with van der Waals surface area (Å²) in [4.78, 5) is 13.2. The maximum absolute atomic E-state index is 13.2. The monoisotopic (exact) mass is 967 g/mol. The Kier molecular flexibility index (Phi) is 16.1. The van der Waals surface area contributed by atoms with Crippen LogP contribution in [0, 0.1) is 17.3 Å². The molecule has 0 spiro atoms. The molecule has 3 heterocycles. The van der Waals surface area contributed by atoms with E-state index in [9.17, 15) is 9.90 Å². The van der Waals surface area contributed by atoms with Gasteiger partial charge < -0.3 is 33.2 Å². The first-order chi connectivity index (χ1) is 33.4. The van der Waals surface area contributed by atoms with Gasteiger partial charge in [0.2, 0.25) is 0 Å². The number of carbonyl (C=O) groups excluding carboxylic acids is 1. The fraction of sp³-hybridized carbons (Fsp3) is 0.492. The summed E-state index contributed by atoms with van der Waals surface area (Å²) < 4.78 is 43.2. The Morgan fingerprint density at radius 2 is 1.13 bits per heavy atom. The highest BCUT2D eigenvalue weighted by atomic mass is 28.4. The molecule has 9 heteroatoms. The van der Waals surface area contributed by atoms with E-state index in [-0.39, 0.29) is 53.9 Å². The molecule has 3 aliphatic rings. The number of ether oxygens (including phenoxy) is 5. The largest absolute Gasteiger partial charge is 0.465 e. The van der Waals surface area contributed by atoms with Gasteiger partial charge in [-0.25, -0.2) is 0 Å². The van der Waals surface area contributed by atoms with Crippen molar-refractivity contribution in [1.82, 2.24) is 0 Å². The van der Waals surface area contributed by atoms with Crippen LogP contribution in [0.3, 0.4) is 0 Å². The minimum atomic E-state index is -3.03. The SMILES string of the molecule is C[C@@H]1C[C@H](O[Si](c2ccccc2)(c2ccccc2)C(C)(C)C)[C@@H](CCOC(=O)C(C)(C)C)O[C@H]2C[C@H]3O[C@@H](CCOC(c4ccccc4)(c4ccccc4)c4ccccc4)[C@H](O)[C@@H](C)C[C@@H]3O[C@]2(C)C1. The van der Waals surface area contributed by atoms with Crippen molar-refractivity contribution >= 4 is 24.7 Å². The summed E-state index contributed by atoms with van der Waals surface area (Å²) in [5, 5.41) is 14.3. The predicted molar refractivity (Wildman–Crippen MR) is 281 cm³/mol. The molecule has 10 atom stereocenters. The Morgan fingerprint density at radius 3 is 1.61 bits per heavy atom. The fourth-order valence-electron chi connectivity index (χ4n) is 11.7. The number of hydrogen-bond donors (Lipinski definition) is 1. The highest BCUT2D eigenvalue weighted by molar-refractivity contribution is 6.99. The van der Waals surface area contributed by atoms with Gasteiger partial charge in [-0.3, -0.25) is 4.79 Å². The van der Waals surface area contributed by atoms with Crippen LogP contribution in [0.5, 0.6) is 0 Å². The molecule has 3 saturated heterocycles. The molecule has 0 saturated carbocycles. The lowest BCUT2D eigenvalue weighted by atomic mass is 9.77. The maximum atomic E-state index is 13.2. The van der Waals surface area contributed by atoms with E-state index in [1.807, 2.05) is 39.0 Å². The van der Waals surface area contributed by atoms with E-state index in [1.54, 1.807) is 0 Å². The lowest BCUT2D eigenvalue weighted by Gasteiger charge is -2.53. The molecule has 0 radical (unpaired) electrons. The van der Waals surface area contributed by atoms with E-state index in [2.05, 4.69) is 175 Å². The molecule has 5 aromatic carbocycles. The van der Waals surface area contributed by atoms with E-state index in [4.69, 9.17) is 28.1 Å². The molecular weight excluding hydrogens is 889 g/mol. The number of aliphatic hydroxyl groups is 1. The Balaban J connectivity index is 1.10. The molecule has 70 heavy (non-hydrogen) atoms. The Labute approximate surface area is 419 Å². The Morgan fingerprint density at radius 1 is 0.643 bits per heavy atom. The molecule has 8 nitrogen and oxygen atoms in total. The standard InChI is InChI=1S/C61H78O8Si/c1-43-39-54(69-70(59(6,7)8,48-31-21-13-22-32-48)49-33-23-14-24-34-49)50(35-37-64-57(63)58(3,4)5)67-55-41-52-53(68-60(55,9)42-43)40-44(2)56(62)51(66-52)36-38-65-61(45-25-15-10-16-26-45,46-27-17-11-18-28-46)47-29-19-12-20-30-47/h10-34,43-44,50-56,62H,35-42H2,1-9H3/t43-,44+,50-,51+,52-,53+,54+,55+,56-,60-/m1/s1. The Hall–Kier alpha value is -4.45. The van der Waals surface area contributed by atoms with Crippen LogP contribution in [0.1, 0.15) is 118 Å². The van der Waals surface area contributed by atoms with Crippen molar-refractivity contribution in [2.75, 3.05) is 13.2 Å². The minimum Gasteiger partial charge on any atom is -0.465 e. The quantitative estimate of drug-likeness (QED) is 0.0668. The molecule has 0 bridgehead atoms. The van der Waals surface area contributed by atoms with Gasteiger partial charge in [-0.2, -0.15) is 0 Å². The van der Waals surface area contributed by atoms with Gasteiger partial charge in [0.15, 0.2) is 0 Å². The van der Waals surface area contributed by atoms with Crippen LogP contribution < -0.4 is 10.4 Å². The van der Waals surface area contributed by atoms with Crippen LogP contribution in [0.25, 0.3) is 0 Å². The normalized spacial score (nSPS) is 27.8. The topological polar surface area (TPSA) is 92.7 Å². The van der Waals surface area contributed by atoms with Gasteiger partial charge in [0, 0.05) is 12.8 Å². The van der Waals surface area contributed by atoms with Crippen LogP contribution >= 0.6 is 0 Å². The molecular formula is C61H78O8Si. The van der Waals surface area contributed by atoms with Crippen molar-refractivity contribution in [3.05, 3.63) is 168 Å². The van der Waals surface area contributed by atoms with Crippen molar-refractivity contribution < 1.29 is 38.0 Å². The third kappa shape index (κ3) is 11.0. The van der Waals surface area contributed by atoms with Gasteiger partial charge in [0.05, 0.1) is 67.0 Å². The maximum Gasteiger partial charge on any atom is 0.311 e. The number of rotatable bonds is 14. The first-order valence-corrected chi connectivity index (χ1v) is 27.8. The third-order valence-electron chi connectivity index (χ3n) is 15.3. The number of aliphatic hydroxyl groups excluding tert-OH is 1. The van der Waals surface area contributed by atoms with Crippen LogP contribution in [0.15, 0.2) is 152 Å². The summed E-state index contributed by atoms with van der Waals surface area (Å²) in [6, 6.07) is 52.7. The van der Waals surface area contributed by atoms with Crippen molar-refractivity contribution in [3.63, 3.8) is 0 Å². The smallest absolute Gasteiger partial charge is 0.311 e. The van der Waals surface area contributed by atoms with Gasteiger partial charge in [-0.05, 0) is 97.3 Å². The van der Waals surface area contributed by atoms with Crippen LogP contribution in [0.4, 0.5) is 0 Å². The average molecular weight is 967 g/mol. The second-order valence-electron chi connectivity index (χ2n) is 22.7. The zero-order valence-electron chi connectivity index (χ0n) is 43.1. The van der Waals surface area contributed by atoms with Gasteiger partial charge in [-0.15, -0.1) is 0 Å². The van der Waals surface area contributed by atoms with Crippen molar-refractivity contribution in [3.8, 4) is 0 Å². The number of carbonyl (C=O) groups is 1. The molecule has 5 aromatic rings. The van der Waals surface area contributed by atoms with E-state index in [0.29, 0.717) is 32.3 Å². The summed E-state index contributed by atoms with van der Waals surface area (Å²) >= 11 is 0. The van der Waals surface area contributed by atoms with Crippen LogP contribution in [0.2, 0.25) is 5.04 Å².